The lowest BCUT2D eigenvalue weighted by Crippen LogP contribution is -2.46. The van der Waals surface area contributed by atoms with E-state index in [4.69, 9.17) is 4.74 Å². The highest BCUT2D eigenvalue weighted by Gasteiger charge is 2.36. The summed E-state index contributed by atoms with van der Waals surface area (Å²) in [5, 5.41) is 3.74. The number of rotatable bonds is 6. The number of hydrogen-bond donors (Lipinski definition) is 1. The van der Waals surface area contributed by atoms with Gasteiger partial charge in [0, 0.05) is 5.54 Å². The highest BCUT2D eigenvalue weighted by atomic mass is 16.5. The molecule has 1 heterocycles. The third-order valence-corrected chi connectivity index (χ3v) is 4.30. The van der Waals surface area contributed by atoms with Gasteiger partial charge in [-0.1, -0.05) is 32.9 Å². The van der Waals surface area contributed by atoms with Crippen LogP contribution in [0.4, 0.5) is 0 Å². The molecule has 1 atom stereocenters. The molecule has 0 saturated carbocycles. The molecule has 0 spiro atoms. The molecule has 1 N–H and O–H groups in total. The maximum atomic E-state index is 5.64. The van der Waals surface area contributed by atoms with Crippen LogP contribution in [-0.4, -0.2) is 18.7 Å². The van der Waals surface area contributed by atoms with Gasteiger partial charge < -0.3 is 10.1 Å². The number of hydrogen-bond acceptors (Lipinski definition) is 2. The van der Waals surface area contributed by atoms with Crippen LogP contribution in [0, 0.1) is 5.92 Å². The van der Waals surface area contributed by atoms with E-state index in [0.717, 1.165) is 31.7 Å². The van der Waals surface area contributed by atoms with Crippen molar-refractivity contribution < 1.29 is 4.74 Å². The summed E-state index contributed by atoms with van der Waals surface area (Å²) in [4.78, 5) is 0. The predicted octanol–water partition coefficient (Wildman–Crippen LogP) is 3.80. The molecule has 19 heavy (non-hydrogen) atoms. The Kier molecular flexibility index (Phi) is 4.87. The van der Waals surface area contributed by atoms with Gasteiger partial charge in [0.1, 0.15) is 5.75 Å². The maximum Gasteiger partial charge on any atom is 0.119 e. The summed E-state index contributed by atoms with van der Waals surface area (Å²) in [6, 6.07) is 8.65. The summed E-state index contributed by atoms with van der Waals surface area (Å²) >= 11 is 0. The Morgan fingerprint density at radius 2 is 2.00 bits per heavy atom. The SMILES string of the molecule is CCCOc1ccc(CC2(C(C)C)CCCN2)cc1. The second-order valence-corrected chi connectivity index (χ2v) is 6.01. The zero-order valence-electron chi connectivity index (χ0n) is 12.5. The van der Waals surface area contributed by atoms with Gasteiger partial charge in [0.05, 0.1) is 6.61 Å². The summed E-state index contributed by atoms with van der Waals surface area (Å²) in [6.07, 6.45) is 4.77. The van der Waals surface area contributed by atoms with Gasteiger partial charge in [-0.25, -0.2) is 0 Å². The van der Waals surface area contributed by atoms with Crippen LogP contribution in [0.2, 0.25) is 0 Å². The van der Waals surface area contributed by atoms with Crippen LogP contribution in [0.1, 0.15) is 45.6 Å². The Balaban J connectivity index is 2.02. The normalized spacial score (nSPS) is 22.9. The third-order valence-electron chi connectivity index (χ3n) is 4.30. The molecule has 2 nitrogen and oxygen atoms in total. The van der Waals surface area contributed by atoms with Crippen LogP contribution >= 0.6 is 0 Å². The van der Waals surface area contributed by atoms with Crippen molar-refractivity contribution in [2.75, 3.05) is 13.2 Å². The van der Waals surface area contributed by atoms with Gasteiger partial charge in [-0.2, -0.15) is 0 Å². The monoisotopic (exact) mass is 261 g/mol. The van der Waals surface area contributed by atoms with Crippen LogP contribution in [0.25, 0.3) is 0 Å². The second kappa shape index (κ2) is 6.42. The van der Waals surface area contributed by atoms with Crippen LogP contribution in [-0.2, 0) is 6.42 Å². The van der Waals surface area contributed by atoms with Crippen molar-refractivity contribution in [1.82, 2.24) is 5.32 Å². The fourth-order valence-corrected chi connectivity index (χ4v) is 2.97. The van der Waals surface area contributed by atoms with E-state index in [1.54, 1.807) is 0 Å². The van der Waals surface area contributed by atoms with Crippen molar-refractivity contribution in [1.29, 1.82) is 0 Å². The topological polar surface area (TPSA) is 21.3 Å². The quantitative estimate of drug-likeness (QED) is 0.841. The van der Waals surface area contributed by atoms with Crippen LogP contribution in [0.15, 0.2) is 24.3 Å². The van der Waals surface area contributed by atoms with Crippen LogP contribution in [0.3, 0.4) is 0 Å². The summed E-state index contributed by atoms with van der Waals surface area (Å²) in [5.74, 6) is 1.66. The van der Waals surface area contributed by atoms with Crippen molar-refractivity contribution in [3.63, 3.8) is 0 Å². The van der Waals surface area contributed by atoms with E-state index >= 15 is 0 Å². The fraction of sp³-hybridized carbons (Fsp3) is 0.647. The van der Waals surface area contributed by atoms with E-state index in [0.29, 0.717) is 11.5 Å². The van der Waals surface area contributed by atoms with Gasteiger partial charge in [0.15, 0.2) is 0 Å². The molecule has 0 aliphatic carbocycles. The lowest BCUT2D eigenvalue weighted by molar-refractivity contribution is 0.269. The summed E-state index contributed by atoms with van der Waals surface area (Å²) < 4.78 is 5.64. The minimum Gasteiger partial charge on any atom is -0.494 e. The van der Waals surface area contributed by atoms with E-state index in [-0.39, 0.29) is 0 Å². The molecule has 0 bridgehead atoms. The van der Waals surface area contributed by atoms with Crippen molar-refractivity contribution >= 4 is 0 Å². The Morgan fingerprint density at radius 3 is 2.53 bits per heavy atom. The van der Waals surface area contributed by atoms with Gasteiger partial charge in [-0.3, -0.25) is 0 Å². The van der Waals surface area contributed by atoms with Crippen molar-refractivity contribution in [3.05, 3.63) is 29.8 Å². The van der Waals surface area contributed by atoms with Crippen molar-refractivity contribution in [3.8, 4) is 5.75 Å². The van der Waals surface area contributed by atoms with Gasteiger partial charge in [-0.15, -0.1) is 0 Å². The Morgan fingerprint density at radius 1 is 1.26 bits per heavy atom. The standard InChI is InChI=1S/C17H27NO/c1-4-12-19-16-8-6-15(7-9-16)13-17(14(2)3)10-5-11-18-17/h6-9,14,18H,4-5,10-13H2,1-3H3. The lowest BCUT2D eigenvalue weighted by Gasteiger charge is -2.34. The molecule has 1 aromatic rings. The van der Waals surface area contributed by atoms with Gasteiger partial charge in [0.25, 0.3) is 0 Å². The largest absolute Gasteiger partial charge is 0.494 e. The molecule has 1 aromatic carbocycles. The number of ether oxygens (including phenoxy) is 1. The molecule has 1 aliphatic rings. The molecule has 1 saturated heterocycles. The molecule has 0 aromatic heterocycles. The minimum absolute atomic E-state index is 0.297. The molecule has 0 radical (unpaired) electrons. The molecule has 2 rings (SSSR count). The molecular weight excluding hydrogens is 234 g/mol. The molecule has 1 unspecified atom stereocenters. The molecule has 106 valence electrons. The molecule has 0 amide bonds. The third kappa shape index (κ3) is 3.50. The first-order valence-electron chi connectivity index (χ1n) is 7.63. The van der Waals surface area contributed by atoms with Gasteiger partial charge >= 0.3 is 0 Å². The summed E-state index contributed by atoms with van der Waals surface area (Å²) in [7, 11) is 0. The molecule has 1 fully saturated rings. The van der Waals surface area contributed by atoms with Crippen LogP contribution < -0.4 is 10.1 Å². The van der Waals surface area contributed by atoms with Crippen LogP contribution in [0.5, 0.6) is 5.75 Å². The summed E-state index contributed by atoms with van der Waals surface area (Å²) in [5.41, 5.74) is 1.71. The first kappa shape index (κ1) is 14.4. The maximum absolute atomic E-state index is 5.64. The number of nitrogens with one attached hydrogen (secondary N) is 1. The first-order valence-corrected chi connectivity index (χ1v) is 7.63. The van der Waals surface area contributed by atoms with E-state index < -0.39 is 0 Å². The Hall–Kier alpha value is -1.02. The molecule has 1 aliphatic heterocycles. The van der Waals surface area contributed by atoms with Gasteiger partial charge in [-0.05, 0) is 55.8 Å². The van der Waals surface area contributed by atoms with Crippen molar-refractivity contribution in [2.24, 2.45) is 5.92 Å². The summed E-state index contributed by atoms with van der Waals surface area (Å²) in [6.45, 7) is 8.76. The van der Waals surface area contributed by atoms with Gasteiger partial charge in [0.2, 0.25) is 0 Å². The smallest absolute Gasteiger partial charge is 0.119 e. The van der Waals surface area contributed by atoms with E-state index in [2.05, 4.69) is 50.4 Å². The second-order valence-electron chi connectivity index (χ2n) is 6.01. The average molecular weight is 261 g/mol. The van der Waals surface area contributed by atoms with Crippen molar-refractivity contribution in [2.45, 2.75) is 52.0 Å². The molecule has 2 heteroatoms. The number of benzene rings is 1. The van der Waals surface area contributed by atoms with E-state index in [1.165, 1.54) is 18.4 Å². The highest BCUT2D eigenvalue weighted by Crippen LogP contribution is 2.31. The fourth-order valence-electron chi connectivity index (χ4n) is 2.97. The Labute approximate surface area is 117 Å². The zero-order valence-corrected chi connectivity index (χ0v) is 12.5. The zero-order chi connectivity index (χ0) is 13.7. The Bertz CT molecular complexity index is 377. The highest BCUT2D eigenvalue weighted by molar-refractivity contribution is 5.29. The molecular formula is C17H27NO. The predicted molar refractivity (Wildman–Crippen MR) is 80.7 cm³/mol. The van der Waals surface area contributed by atoms with E-state index in [9.17, 15) is 0 Å². The lowest BCUT2D eigenvalue weighted by atomic mass is 9.80. The average Bonchev–Trinajstić information content (AvgIpc) is 2.88. The minimum atomic E-state index is 0.297. The van der Waals surface area contributed by atoms with E-state index in [1.807, 2.05) is 0 Å². The first-order chi connectivity index (χ1) is 9.16.